The molecule has 0 N–H and O–H groups in total. The molecule has 0 radical (unpaired) electrons. The molecule has 2 aliphatic rings. The van der Waals surface area contributed by atoms with Crippen molar-refractivity contribution in [1.82, 2.24) is 0 Å². The van der Waals surface area contributed by atoms with Gasteiger partial charge in [-0.15, -0.1) is 0 Å². The Balaban J connectivity index is 1.70. The van der Waals surface area contributed by atoms with Gasteiger partial charge in [0.1, 0.15) is 12.1 Å². The van der Waals surface area contributed by atoms with Gasteiger partial charge in [-0.05, 0) is 22.3 Å². The predicted molar refractivity (Wildman–Crippen MR) is 81.1 cm³/mol. The molecule has 100 valence electrons. The molecule has 0 saturated carbocycles. The monoisotopic (exact) mass is 263 g/mol. The largest absolute Gasteiger partial charge is 0.479 e. The smallest absolute Gasteiger partial charge is 0.180 e. The van der Waals surface area contributed by atoms with Crippen molar-refractivity contribution in [3.63, 3.8) is 0 Å². The Kier molecular flexibility index (Phi) is 2.46. The second kappa shape index (κ2) is 4.20. The molecular weight excluding hydrogens is 246 g/mol. The van der Waals surface area contributed by atoms with Crippen molar-refractivity contribution in [3.05, 3.63) is 59.7 Å². The van der Waals surface area contributed by atoms with E-state index in [-0.39, 0.29) is 5.54 Å². The van der Waals surface area contributed by atoms with Crippen LogP contribution in [-0.4, -0.2) is 18.0 Å². The lowest BCUT2D eigenvalue weighted by Gasteiger charge is -2.15. The van der Waals surface area contributed by atoms with Gasteiger partial charge in [-0.2, -0.15) is 0 Å². The Morgan fingerprint density at radius 3 is 2.50 bits per heavy atom. The molecule has 2 nitrogen and oxygen atoms in total. The van der Waals surface area contributed by atoms with Crippen molar-refractivity contribution in [2.45, 2.75) is 25.3 Å². The fourth-order valence-corrected chi connectivity index (χ4v) is 3.36. The third-order valence-corrected chi connectivity index (χ3v) is 4.30. The van der Waals surface area contributed by atoms with Crippen LogP contribution < -0.4 is 0 Å². The minimum Gasteiger partial charge on any atom is -0.479 e. The maximum absolute atomic E-state index is 5.59. The van der Waals surface area contributed by atoms with Crippen molar-refractivity contribution in [2.75, 3.05) is 6.61 Å². The molecule has 1 heterocycles. The summed E-state index contributed by atoms with van der Waals surface area (Å²) in [5, 5.41) is 0. The Hall–Kier alpha value is -2.09. The first kappa shape index (κ1) is 11.7. The highest BCUT2D eigenvalue weighted by Crippen LogP contribution is 2.37. The molecule has 2 aromatic carbocycles. The standard InChI is InChI=1S/C18H17NO/c1-13-19-18(12-20-13)10-16-8-7-15(9-17(16)11-18)14-5-3-2-4-6-14/h2-9H,10-12H2,1H3. The fraction of sp³-hybridized carbons (Fsp3) is 0.278. The lowest BCUT2D eigenvalue weighted by Crippen LogP contribution is -2.28. The van der Waals surface area contributed by atoms with E-state index in [0.29, 0.717) is 0 Å². The van der Waals surface area contributed by atoms with Crippen LogP contribution >= 0.6 is 0 Å². The van der Waals surface area contributed by atoms with Gasteiger partial charge in [-0.25, -0.2) is 4.99 Å². The quantitative estimate of drug-likeness (QED) is 0.769. The summed E-state index contributed by atoms with van der Waals surface area (Å²) >= 11 is 0. The van der Waals surface area contributed by atoms with E-state index in [1.165, 1.54) is 22.3 Å². The van der Waals surface area contributed by atoms with Crippen LogP contribution in [0.25, 0.3) is 11.1 Å². The average Bonchev–Trinajstić information content (AvgIpc) is 3.01. The van der Waals surface area contributed by atoms with E-state index >= 15 is 0 Å². The zero-order valence-electron chi connectivity index (χ0n) is 11.6. The Morgan fingerprint density at radius 2 is 1.75 bits per heavy atom. The van der Waals surface area contributed by atoms with Crippen LogP contribution in [0.2, 0.25) is 0 Å². The maximum Gasteiger partial charge on any atom is 0.180 e. The number of aliphatic imine (C=N–C) groups is 1. The van der Waals surface area contributed by atoms with Crippen LogP contribution in [-0.2, 0) is 17.6 Å². The van der Waals surface area contributed by atoms with E-state index in [1.807, 2.05) is 6.92 Å². The zero-order chi connectivity index (χ0) is 13.6. The lowest BCUT2D eigenvalue weighted by molar-refractivity contribution is 0.259. The molecule has 2 aromatic rings. The molecular formula is C18H17NO. The Morgan fingerprint density at radius 1 is 0.950 bits per heavy atom. The maximum atomic E-state index is 5.59. The van der Waals surface area contributed by atoms with Crippen LogP contribution in [0.1, 0.15) is 18.1 Å². The molecule has 0 aromatic heterocycles. The molecule has 0 saturated heterocycles. The van der Waals surface area contributed by atoms with Gasteiger partial charge in [0.2, 0.25) is 0 Å². The number of hydrogen-bond donors (Lipinski definition) is 0. The minimum absolute atomic E-state index is 0.0261. The van der Waals surface area contributed by atoms with Crippen molar-refractivity contribution in [1.29, 1.82) is 0 Å². The molecule has 4 rings (SSSR count). The molecule has 1 aliphatic carbocycles. The van der Waals surface area contributed by atoms with Crippen molar-refractivity contribution in [2.24, 2.45) is 4.99 Å². The zero-order valence-corrected chi connectivity index (χ0v) is 11.6. The molecule has 2 heteroatoms. The first-order valence-corrected chi connectivity index (χ1v) is 7.11. The number of benzene rings is 2. The molecule has 1 unspecified atom stereocenters. The highest BCUT2D eigenvalue weighted by Gasteiger charge is 2.41. The summed E-state index contributed by atoms with van der Waals surface area (Å²) in [5.74, 6) is 0.834. The van der Waals surface area contributed by atoms with Gasteiger partial charge in [-0.3, -0.25) is 0 Å². The van der Waals surface area contributed by atoms with Crippen LogP contribution in [0.15, 0.2) is 53.5 Å². The van der Waals surface area contributed by atoms with Crippen molar-refractivity contribution >= 4 is 5.90 Å². The van der Waals surface area contributed by atoms with Gasteiger partial charge in [0.05, 0.1) is 0 Å². The summed E-state index contributed by atoms with van der Waals surface area (Å²) in [6.45, 7) is 2.68. The van der Waals surface area contributed by atoms with E-state index in [2.05, 4.69) is 48.5 Å². The molecule has 20 heavy (non-hydrogen) atoms. The van der Waals surface area contributed by atoms with Gasteiger partial charge in [-0.1, -0.05) is 48.5 Å². The summed E-state index contributed by atoms with van der Waals surface area (Å²) < 4.78 is 5.59. The van der Waals surface area contributed by atoms with Crippen molar-refractivity contribution < 1.29 is 4.74 Å². The second-order valence-electron chi connectivity index (χ2n) is 5.85. The van der Waals surface area contributed by atoms with Crippen molar-refractivity contribution in [3.8, 4) is 11.1 Å². The summed E-state index contributed by atoms with van der Waals surface area (Å²) in [5.41, 5.74) is 5.39. The van der Waals surface area contributed by atoms with Gasteiger partial charge < -0.3 is 4.74 Å². The molecule has 0 amide bonds. The number of nitrogens with zero attached hydrogens (tertiary/aromatic N) is 1. The average molecular weight is 263 g/mol. The number of fused-ring (bicyclic) bond motifs is 1. The SMILES string of the molecule is CC1=NC2(CO1)Cc1ccc(-c3ccccc3)cc1C2. The number of rotatable bonds is 1. The van der Waals surface area contributed by atoms with E-state index in [9.17, 15) is 0 Å². The molecule has 0 bridgehead atoms. The molecule has 1 spiro atoms. The minimum atomic E-state index is -0.0261. The molecule has 1 atom stereocenters. The molecule has 1 aliphatic heterocycles. The summed E-state index contributed by atoms with van der Waals surface area (Å²) in [4.78, 5) is 4.73. The Bertz CT molecular complexity index is 690. The van der Waals surface area contributed by atoms with Gasteiger partial charge in [0, 0.05) is 19.8 Å². The van der Waals surface area contributed by atoms with Crippen LogP contribution in [0.3, 0.4) is 0 Å². The second-order valence-corrected chi connectivity index (χ2v) is 5.85. The summed E-state index contributed by atoms with van der Waals surface area (Å²) in [7, 11) is 0. The third kappa shape index (κ3) is 1.83. The fourth-order valence-electron chi connectivity index (χ4n) is 3.36. The topological polar surface area (TPSA) is 21.6 Å². The van der Waals surface area contributed by atoms with Gasteiger partial charge >= 0.3 is 0 Å². The predicted octanol–water partition coefficient (Wildman–Crippen LogP) is 3.64. The van der Waals surface area contributed by atoms with Crippen LogP contribution in [0.5, 0.6) is 0 Å². The summed E-state index contributed by atoms with van der Waals surface area (Å²) in [6, 6.07) is 17.4. The normalized spacial score (nSPS) is 23.6. The lowest BCUT2D eigenvalue weighted by atomic mass is 9.98. The van der Waals surface area contributed by atoms with E-state index in [0.717, 1.165) is 25.3 Å². The van der Waals surface area contributed by atoms with E-state index in [4.69, 9.17) is 9.73 Å². The van der Waals surface area contributed by atoms with Crippen LogP contribution in [0.4, 0.5) is 0 Å². The van der Waals surface area contributed by atoms with Gasteiger partial charge in [0.25, 0.3) is 0 Å². The molecule has 0 fully saturated rings. The number of ether oxygens (including phenoxy) is 1. The first-order valence-electron chi connectivity index (χ1n) is 7.11. The summed E-state index contributed by atoms with van der Waals surface area (Å²) in [6.07, 6.45) is 2.01. The van der Waals surface area contributed by atoms with E-state index in [1.54, 1.807) is 0 Å². The highest BCUT2D eigenvalue weighted by molar-refractivity contribution is 5.76. The third-order valence-electron chi connectivity index (χ3n) is 4.30. The van der Waals surface area contributed by atoms with E-state index < -0.39 is 0 Å². The van der Waals surface area contributed by atoms with Crippen LogP contribution in [0, 0.1) is 0 Å². The number of hydrogen-bond acceptors (Lipinski definition) is 2. The highest BCUT2D eigenvalue weighted by atomic mass is 16.5. The van der Waals surface area contributed by atoms with Gasteiger partial charge in [0.15, 0.2) is 5.90 Å². The Labute approximate surface area is 119 Å². The first-order chi connectivity index (χ1) is 9.74.